The molecule has 37 heavy (non-hydrogen) atoms. The maximum atomic E-state index is 14.5. The molecule has 0 saturated heterocycles. The number of hydrogen-bond acceptors (Lipinski definition) is 4. The third-order valence-electron chi connectivity index (χ3n) is 7.07. The molecule has 4 aromatic rings. The van der Waals surface area contributed by atoms with Crippen LogP contribution in [0.5, 0.6) is 5.75 Å². The lowest BCUT2D eigenvalue weighted by molar-refractivity contribution is 0.0919. The van der Waals surface area contributed by atoms with Crippen LogP contribution in [0.3, 0.4) is 0 Å². The summed E-state index contributed by atoms with van der Waals surface area (Å²) >= 11 is 0. The van der Waals surface area contributed by atoms with Gasteiger partial charge < -0.3 is 14.5 Å². The van der Waals surface area contributed by atoms with Gasteiger partial charge in [-0.1, -0.05) is 54.6 Å². The minimum Gasteiger partial charge on any atom is -0.486 e. The van der Waals surface area contributed by atoms with Crippen molar-refractivity contribution >= 4 is 5.91 Å². The number of carbonyl (C=O) groups excluding carboxylic acids is 1. The van der Waals surface area contributed by atoms with Gasteiger partial charge in [0.15, 0.2) is 5.76 Å². The number of furan rings is 1. The summed E-state index contributed by atoms with van der Waals surface area (Å²) in [5.41, 5.74) is 4.28. The number of hydrogen-bond donors (Lipinski definition) is 1. The minimum atomic E-state index is -0.180. The van der Waals surface area contributed by atoms with E-state index in [1.807, 2.05) is 36.4 Å². The van der Waals surface area contributed by atoms with Crippen molar-refractivity contribution in [2.45, 2.75) is 44.5 Å². The van der Waals surface area contributed by atoms with E-state index in [1.165, 1.54) is 11.6 Å². The molecular formula is C31H29FN2O3. The number of amides is 1. The highest BCUT2D eigenvalue weighted by Crippen LogP contribution is 2.38. The van der Waals surface area contributed by atoms with Gasteiger partial charge in [0.2, 0.25) is 0 Å². The SMILES string of the molecule is O=C(NC1CC1)c1ccc(COc2ccc3c(c2)[C@H](c2ccccc2)N(Cc2ccccc2F)CC3)o1. The van der Waals surface area contributed by atoms with Crippen molar-refractivity contribution in [1.29, 1.82) is 0 Å². The number of nitrogens with zero attached hydrogens (tertiary/aromatic N) is 1. The average molecular weight is 497 g/mol. The molecule has 1 aliphatic heterocycles. The molecule has 1 aromatic heterocycles. The molecule has 1 aliphatic carbocycles. The number of carbonyl (C=O) groups is 1. The summed E-state index contributed by atoms with van der Waals surface area (Å²) in [5, 5.41) is 2.94. The second kappa shape index (κ2) is 10.2. The Morgan fingerprint density at radius 3 is 2.62 bits per heavy atom. The Morgan fingerprint density at radius 2 is 1.81 bits per heavy atom. The average Bonchev–Trinajstić information content (AvgIpc) is 3.61. The van der Waals surface area contributed by atoms with Gasteiger partial charge in [-0.25, -0.2) is 4.39 Å². The van der Waals surface area contributed by atoms with Crippen molar-refractivity contribution in [1.82, 2.24) is 10.2 Å². The van der Waals surface area contributed by atoms with Crippen molar-refractivity contribution in [3.63, 3.8) is 0 Å². The topological polar surface area (TPSA) is 54.7 Å². The first-order valence-corrected chi connectivity index (χ1v) is 12.8. The summed E-state index contributed by atoms with van der Waals surface area (Å²) in [4.78, 5) is 14.6. The number of benzene rings is 3. The van der Waals surface area contributed by atoms with Crippen LogP contribution < -0.4 is 10.1 Å². The molecule has 6 rings (SSSR count). The first kappa shape index (κ1) is 23.5. The van der Waals surface area contributed by atoms with Crippen LogP contribution in [0.15, 0.2) is 89.3 Å². The molecule has 5 nitrogen and oxygen atoms in total. The zero-order valence-corrected chi connectivity index (χ0v) is 20.5. The van der Waals surface area contributed by atoms with E-state index in [-0.39, 0.29) is 30.4 Å². The largest absolute Gasteiger partial charge is 0.486 e. The van der Waals surface area contributed by atoms with Crippen molar-refractivity contribution < 1.29 is 18.3 Å². The van der Waals surface area contributed by atoms with E-state index in [2.05, 4.69) is 34.5 Å². The number of rotatable bonds is 8. The van der Waals surface area contributed by atoms with Gasteiger partial charge in [-0.05, 0) is 66.3 Å². The van der Waals surface area contributed by atoms with Crippen LogP contribution in [0.4, 0.5) is 4.39 Å². The smallest absolute Gasteiger partial charge is 0.287 e. The van der Waals surface area contributed by atoms with E-state index in [0.29, 0.717) is 23.6 Å². The predicted molar refractivity (Wildman–Crippen MR) is 139 cm³/mol. The van der Waals surface area contributed by atoms with E-state index in [1.54, 1.807) is 18.2 Å². The Bertz CT molecular complexity index is 1400. The van der Waals surface area contributed by atoms with E-state index in [4.69, 9.17) is 9.15 Å². The summed E-state index contributed by atoms with van der Waals surface area (Å²) in [6, 6.07) is 27.3. The Hall–Kier alpha value is -3.90. The first-order valence-electron chi connectivity index (χ1n) is 12.8. The maximum absolute atomic E-state index is 14.5. The van der Waals surface area contributed by atoms with Crippen molar-refractivity contribution in [2.24, 2.45) is 0 Å². The van der Waals surface area contributed by atoms with Gasteiger partial charge in [-0.2, -0.15) is 0 Å². The summed E-state index contributed by atoms with van der Waals surface area (Å²) in [5.74, 6) is 1.28. The summed E-state index contributed by atoms with van der Waals surface area (Å²) in [6.07, 6.45) is 2.94. The standard InChI is InChI=1S/C31H29FN2O3/c32-28-9-5-4-8-23(28)19-34-17-16-21-10-13-25(18-27(21)30(34)22-6-2-1-3-7-22)36-20-26-14-15-29(37-26)31(35)33-24-11-12-24/h1-10,13-15,18,24,30H,11-12,16-17,19-20H2,(H,33,35)/t30-/m0/s1. The molecule has 1 fully saturated rings. The van der Waals surface area contributed by atoms with Crippen LogP contribution in [0.1, 0.15) is 57.5 Å². The van der Waals surface area contributed by atoms with Crippen molar-refractivity contribution in [2.75, 3.05) is 6.54 Å². The van der Waals surface area contributed by atoms with E-state index in [0.717, 1.165) is 42.7 Å². The Morgan fingerprint density at radius 1 is 1.00 bits per heavy atom. The minimum absolute atomic E-state index is 0.0190. The van der Waals surface area contributed by atoms with Gasteiger partial charge in [0.1, 0.15) is 23.9 Å². The molecule has 3 aromatic carbocycles. The molecule has 0 spiro atoms. The lowest BCUT2D eigenvalue weighted by Gasteiger charge is -2.38. The quantitative estimate of drug-likeness (QED) is 0.323. The maximum Gasteiger partial charge on any atom is 0.287 e. The lowest BCUT2D eigenvalue weighted by atomic mass is 9.87. The molecule has 0 unspecified atom stereocenters. The lowest BCUT2D eigenvalue weighted by Crippen LogP contribution is -2.36. The van der Waals surface area contributed by atoms with Gasteiger partial charge >= 0.3 is 0 Å². The number of fused-ring (bicyclic) bond motifs is 1. The highest BCUT2D eigenvalue weighted by atomic mass is 19.1. The fourth-order valence-corrected chi connectivity index (χ4v) is 4.99. The van der Waals surface area contributed by atoms with Crippen molar-refractivity contribution in [3.05, 3.63) is 125 Å². The molecule has 2 aliphatic rings. The van der Waals surface area contributed by atoms with Gasteiger partial charge in [0, 0.05) is 24.7 Å². The number of halogens is 1. The van der Waals surface area contributed by atoms with Gasteiger partial charge in [0.05, 0.1) is 6.04 Å². The number of ether oxygens (including phenoxy) is 1. The second-order valence-corrected chi connectivity index (χ2v) is 9.79. The normalized spacial score (nSPS) is 17.3. The zero-order valence-electron chi connectivity index (χ0n) is 20.5. The highest BCUT2D eigenvalue weighted by molar-refractivity contribution is 5.91. The molecule has 188 valence electrons. The fraction of sp³-hybridized carbons (Fsp3) is 0.258. The summed E-state index contributed by atoms with van der Waals surface area (Å²) in [7, 11) is 0. The van der Waals surface area contributed by atoms with Crippen LogP contribution in [0, 0.1) is 5.82 Å². The number of nitrogens with one attached hydrogen (secondary N) is 1. The second-order valence-electron chi connectivity index (χ2n) is 9.79. The van der Waals surface area contributed by atoms with Gasteiger partial charge in [0.25, 0.3) is 5.91 Å². The summed E-state index contributed by atoms with van der Waals surface area (Å²) in [6.45, 7) is 1.58. The Labute approximate surface area is 215 Å². The van der Waals surface area contributed by atoms with Crippen LogP contribution >= 0.6 is 0 Å². The molecular weight excluding hydrogens is 467 g/mol. The molecule has 1 N–H and O–H groups in total. The van der Waals surface area contributed by atoms with Gasteiger partial charge in [-0.3, -0.25) is 9.69 Å². The van der Waals surface area contributed by atoms with Crippen LogP contribution in [-0.4, -0.2) is 23.4 Å². The molecule has 1 saturated carbocycles. The van der Waals surface area contributed by atoms with Gasteiger partial charge in [-0.15, -0.1) is 0 Å². The zero-order chi connectivity index (χ0) is 25.2. The van der Waals surface area contributed by atoms with E-state index < -0.39 is 0 Å². The highest BCUT2D eigenvalue weighted by Gasteiger charge is 2.30. The molecule has 1 atom stereocenters. The fourth-order valence-electron chi connectivity index (χ4n) is 4.99. The molecule has 0 radical (unpaired) electrons. The Kier molecular flexibility index (Phi) is 6.49. The van der Waals surface area contributed by atoms with Crippen molar-refractivity contribution in [3.8, 4) is 5.75 Å². The molecule has 2 heterocycles. The molecule has 6 heteroatoms. The summed E-state index contributed by atoms with van der Waals surface area (Å²) < 4.78 is 26.3. The van der Waals surface area contributed by atoms with Crippen LogP contribution in [0.2, 0.25) is 0 Å². The van der Waals surface area contributed by atoms with E-state index in [9.17, 15) is 9.18 Å². The van der Waals surface area contributed by atoms with E-state index >= 15 is 0 Å². The monoisotopic (exact) mass is 496 g/mol. The molecule has 1 amide bonds. The van der Waals surface area contributed by atoms with Crippen LogP contribution in [-0.2, 0) is 19.6 Å². The predicted octanol–water partition coefficient (Wildman–Crippen LogP) is 6.04. The Balaban J connectivity index is 1.23. The third-order valence-corrected chi connectivity index (χ3v) is 7.07. The molecule has 0 bridgehead atoms. The third kappa shape index (κ3) is 5.30. The van der Waals surface area contributed by atoms with Crippen LogP contribution in [0.25, 0.3) is 0 Å². The first-order chi connectivity index (χ1) is 18.1.